The lowest BCUT2D eigenvalue weighted by atomic mass is 10.2. The van der Waals surface area contributed by atoms with Crippen LogP contribution in [0.15, 0.2) is 45.9 Å². The number of nitrogens with one attached hydrogen (secondary N) is 2. The maximum Gasteiger partial charge on any atom is 0.348 e. The molecule has 2 heterocycles. The Labute approximate surface area is 116 Å². The van der Waals surface area contributed by atoms with E-state index in [0.29, 0.717) is 18.0 Å². The van der Waals surface area contributed by atoms with Crippen molar-refractivity contribution in [2.24, 2.45) is 0 Å². The molecule has 0 spiro atoms. The number of rotatable bonds is 3. The Kier molecular flexibility index (Phi) is 3.04. The van der Waals surface area contributed by atoms with Gasteiger partial charge in [0.2, 0.25) is 0 Å². The normalized spacial score (nSPS) is 10.8. The van der Waals surface area contributed by atoms with Crippen LogP contribution in [-0.2, 0) is 6.54 Å². The minimum Gasteiger partial charge on any atom is -0.366 e. The molecule has 3 rings (SSSR count). The highest BCUT2D eigenvalue weighted by molar-refractivity contribution is 9.10. The molecule has 0 saturated carbocycles. The van der Waals surface area contributed by atoms with Crippen molar-refractivity contribution in [3.8, 4) is 0 Å². The van der Waals surface area contributed by atoms with Gasteiger partial charge in [-0.2, -0.15) is 5.10 Å². The molecule has 0 bridgehead atoms. The SMILES string of the molecule is O=c1[nH]nc2cc(NCc3cccc(Br)c3)ncn12. The highest BCUT2D eigenvalue weighted by atomic mass is 79.9. The molecule has 19 heavy (non-hydrogen) atoms. The molecule has 0 aliphatic carbocycles. The predicted octanol–water partition coefficient (Wildman–Crippen LogP) is 1.79. The van der Waals surface area contributed by atoms with E-state index in [4.69, 9.17) is 0 Å². The number of hydrogen-bond acceptors (Lipinski definition) is 4. The van der Waals surface area contributed by atoms with E-state index in [1.54, 1.807) is 6.07 Å². The average molecular weight is 320 g/mol. The summed E-state index contributed by atoms with van der Waals surface area (Å²) in [6.07, 6.45) is 1.45. The summed E-state index contributed by atoms with van der Waals surface area (Å²) in [7, 11) is 0. The minimum atomic E-state index is -0.291. The van der Waals surface area contributed by atoms with Crippen molar-refractivity contribution in [3.63, 3.8) is 0 Å². The van der Waals surface area contributed by atoms with E-state index >= 15 is 0 Å². The van der Waals surface area contributed by atoms with E-state index < -0.39 is 0 Å². The first-order chi connectivity index (χ1) is 9.22. The number of H-pyrrole nitrogens is 1. The fourth-order valence-corrected chi connectivity index (χ4v) is 2.19. The lowest BCUT2D eigenvalue weighted by molar-refractivity contribution is 0.990. The van der Waals surface area contributed by atoms with Crippen LogP contribution < -0.4 is 11.0 Å². The van der Waals surface area contributed by atoms with Crippen LogP contribution in [0.4, 0.5) is 5.82 Å². The predicted molar refractivity (Wildman–Crippen MR) is 75.1 cm³/mol. The van der Waals surface area contributed by atoms with Gasteiger partial charge in [0.15, 0.2) is 5.65 Å². The molecule has 3 aromatic rings. The molecule has 0 unspecified atom stereocenters. The van der Waals surface area contributed by atoms with E-state index in [1.165, 1.54) is 10.7 Å². The topological polar surface area (TPSA) is 75.1 Å². The van der Waals surface area contributed by atoms with Gasteiger partial charge in [0.25, 0.3) is 0 Å². The lowest BCUT2D eigenvalue weighted by Gasteiger charge is -2.05. The summed E-state index contributed by atoms with van der Waals surface area (Å²) in [5.41, 5.74) is 1.38. The van der Waals surface area contributed by atoms with Crippen molar-refractivity contribution in [3.05, 3.63) is 57.2 Å². The third kappa shape index (κ3) is 2.50. The van der Waals surface area contributed by atoms with Crippen LogP contribution in [0.25, 0.3) is 5.65 Å². The van der Waals surface area contributed by atoms with Crippen LogP contribution in [0.3, 0.4) is 0 Å². The second-order valence-corrected chi connectivity index (χ2v) is 4.93. The molecule has 0 atom stereocenters. The number of fused-ring (bicyclic) bond motifs is 1. The van der Waals surface area contributed by atoms with E-state index in [2.05, 4.69) is 36.4 Å². The van der Waals surface area contributed by atoms with Gasteiger partial charge in [-0.25, -0.2) is 19.3 Å². The molecule has 0 aliphatic rings. The number of benzene rings is 1. The Bertz CT molecular complexity index is 779. The molecule has 0 amide bonds. The van der Waals surface area contributed by atoms with Gasteiger partial charge in [-0.3, -0.25) is 0 Å². The maximum absolute atomic E-state index is 11.3. The highest BCUT2D eigenvalue weighted by Crippen LogP contribution is 2.13. The zero-order valence-corrected chi connectivity index (χ0v) is 11.4. The molecule has 0 aliphatic heterocycles. The molecule has 7 heteroatoms. The molecule has 0 saturated heterocycles. The maximum atomic E-state index is 11.3. The second kappa shape index (κ2) is 4.85. The van der Waals surface area contributed by atoms with Crippen molar-refractivity contribution < 1.29 is 0 Å². The van der Waals surface area contributed by atoms with Crippen LogP contribution in [-0.4, -0.2) is 19.6 Å². The Hall–Kier alpha value is -2.15. The first-order valence-corrected chi connectivity index (χ1v) is 6.43. The molecular weight excluding hydrogens is 310 g/mol. The first-order valence-electron chi connectivity index (χ1n) is 5.63. The first kappa shape index (κ1) is 11.9. The van der Waals surface area contributed by atoms with Crippen LogP contribution in [0.1, 0.15) is 5.56 Å². The Morgan fingerprint density at radius 2 is 2.26 bits per heavy atom. The Morgan fingerprint density at radius 3 is 3.11 bits per heavy atom. The number of aromatic amines is 1. The Balaban J connectivity index is 1.80. The van der Waals surface area contributed by atoms with Crippen molar-refractivity contribution in [1.29, 1.82) is 0 Å². The molecule has 0 radical (unpaired) electrons. The van der Waals surface area contributed by atoms with Crippen LogP contribution in [0, 0.1) is 0 Å². The van der Waals surface area contributed by atoms with E-state index in [1.807, 2.05) is 24.3 Å². The smallest absolute Gasteiger partial charge is 0.348 e. The number of hydrogen-bond donors (Lipinski definition) is 2. The molecule has 2 aromatic heterocycles. The van der Waals surface area contributed by atoms with Crippen LogP contribution >= 0.6 is 15.9 Å². The standard InChI is InChI=1S/C12H10BrN5O/c13-9-3-1-2-8(4-9)6-14-10-5-11-16-17-12(19)18(11)7-15-10/h1-5,7,14H,6H2,(H,17,19). The third-order valence-corrected chi connectivity index (χ3v) is 3.17. The number of halogens is 1. The fourth-order valence-electron chi connectivity index (χ4n) is 1.75. The fraction of sp³-hybridized carbons (Fsp3) is 0.0833. The summed E-state index contributed by atoms with van der Waals surface area (Å²) in [5.74, 6) is 0.673. The van der Waals surface area contributed by atoms with Crippen molar-refractivity contribution in [2.45, 2.75) is 6.54 Å². The summed E-state index contributed by atoms with van der Waals surface area (Å²) < 4.78 is 2.39. The zero-order chi connectivity index (χ0) is 13.2. The number of anilines is 1. The molecule has 0 fully saturated rings. The zero-order valence-electron chi connectivity index (χ0n) is 9.80. The monoisotopic (exact) mass is 319 g/mol. The quantitative estimate of drug-likeness (QED) is 0.771. The third-order valence-electron chi connectivity index (χ3n) is 2.67. The Morgan fingerprint density at radius 1 is 1.37 bits per heavy atom. The molecule has 6 nitrogen and oxygen atoms in total. The average Bonchev–Trinajstić information content (AvgIpc) is 2.78. The van der Waals surface area contributed by atoms with Crippen molar-refractivity contribution in [1.82, 2.24) is 19.6 Å². The van der Waals surface area contributed by atoms with Crippen molar-refractivity contribution in [2.75, 3.05) is 5.32 Å². The van der Waals surface area contributed by atoms with Gasteiger partial charge in [0.05, 0.1) is 0 Å². The number of nitrogens with zero attached hydrogens (tertiary/aromatic N) is 3. The molecule has 2 N–H and O–H groups in total. The van der Waals surface area contributed by atoms with Gasteiger partial charge in [-0.1, -0.05) is 28.1 Å². The van der Waals surface area contributed by atoms with E-state index in [9.17, 15) is 4.79 Å². The summed E-state index contributed by atoms with van der Waals surface area (Å²) in [4.78, 5) is 15.4. The molecular formula is C12H10BrN5O. The molecule has 1 aromatic carbocycles. The van der Waals surface area contributed by atoms with Crippen molar-refractivity contribution >= 4 is 27.4 Å². The number of aromatic nitrogens is 4. The largest absolute Gasteiger partial charge is 0.366 e. The second-order valence-electron chi connectivity index (χ2n) is 4.01. The summed E-state index contributed by atoms with van der Waals surface area (Å²) in [5, 5.41) is 9.44. The van der Waals surface area contributed by atoms with Crippen LogP contribution in [0.2, 0.25) is 0 Å². The van der Waals surface area contributed by atoms with E-state index in [-0.39, 0.29) is 5.69 Å². The minimum absolute atomic E-state index is 0.291. The lowest BCUT2D eigenvalue weighted by Crippen LogP contribution is -2.10. The summed E-state index contributed by atoms with van der Waals surface area (Å²) in [6, 6.07) is 9.73. The summed E-state index contributed by atoms with van der Waals surface area (Å²) >= 11 is 3.43. The van der Waals surface area contributed by atoms with Gasteiger partial charge in [-0.15, -0.1) is 0 Å². The molecule has 96 valence electrons. The van der Waals surface area contributed by atoms with Gasteiger partial charge < -0.3 is 5.32 Å². The summed E-state index contributed by atoms with van der Waals surface area (Å²) in [6.45, 7) is 0.650. The van der Waals surface area contributed by atoms with Gasteiger partial charge >= 0.3 is 5.69 Å². The van der Waals surface area contributed by atoms with Gasteiger partial charge in [0, 0.05) is 17.1 Å². The van der Waals surface area contributed by atoms with Crippen LogP contribution in [0.5, 0.6) is 0 Å². The van der Waals surface area contributed by atoms with Gasteiger partial charge in [-0.05, 0) is 17.7 Å². The highest BCUT2D eigenvalue weighted by Gasteiger charge is 2.02. The van der Waals surface area contributed by atoms with Gasteiger partial charge in [0.1, 0.15) is 12.1 Å². The van der Waals surface area contributed by atoms with E-state index in [0.717, 1.165) is 10.0 Å².